The van der Waals surface area contributed by atoms with Gasteiger partial charge in [0.05, 0.1) is 5.60 Å². The molecule has 1 aromatic rings. The average Bonchev–Trinajstić information content (AvgIpc) is 2.82. The minimum atomic E-state index is -0.611. The third kappa shape index (κ3) is 3.54. The Balaban J connectivity index is 1.72. The van der Waals surface area contributed by atoms with Crippen molar-refractivity contribution in [2.45, 2.75) is 32.3 Å². The van der Waals surface area contributed by atoms with Crippen LogP contribution in [0.4, 0.5) is 5.82 Å². The van der Waals surface area contributed by atoms with Gasteiger partial charge in [0.2, 0.25) is 5.91 Å². The van der Waals surface area contributed by atoms with Crippen LogP contribution in [-0.4, -0.2) is 46.3 Å². The Morgan fingerprint density at radius 1 is 1.72 bits per heavy atom. The normalized spacial score (nSPS) is 24.4. The van der Waals surface area contributed by atoms with Crippen LogP contribution in [0.25, 0.3) is 0 Å². The maximum absolute atomic E-state index is 11.7. The van der Waals surface area contributed by atoms with Gasteiger partial charge in [0.1, 0.15) is 5.76 Å². The first-order valence-corrected chi connectivity index (χ1v) is 6.12. The molecule has 2 N–H and O–H groups in total. The summed E-state index contributed by atoms with van der Waals surface area (Å²) in [5.41, 5.74) is -0.611. The zero-order chi connectivity index (χ0) is 13.2. The summed E-state index contributed by atoms with van der Waals surface area (Å²) < 4.78 is 4.86. The first-order chi connectivity index (χ1) is 8.44. The van der Waals surface area contributed by atoms with Gasteiger partial charge in [-0.15, -0.1) is 0 Å². The summed E-state index contributed by atoms with van der Waals surface area (Å²) in [6.07, 6.45) is 1.15. The van der Waals surface area contributed by atoms with Gasteiger partial charge in [0.15, 0.2) is 5.82 Å². The highest BCUT2D eigenvalue weighted by Crippen LogP contribution is 2.20. The minimum Gasteiger partial charge on any atom is -0.389 e. The van der Waals surface area contributed by atoms with Crippen LogP contribution >= 0.6 is 0 Å². The number of carbonyl (C=O) groups is 1. The monoisotopic (exact) mass is 253 g/mol. The topological polar surface area (TPSA) is 78.6 Å². The van der Waals surface area contributed by atoms with E-state index in [1.807, 2.05) is 6.92 Å². The molecule has 100 valence electrons. The number of aliphatic hydroxyl groups is 1. The van der Waals surface area contributed by atoms with E-state index in [9.17, 15) is 9.90 Å². The lowest BCUT2D eigenvalue weighted by molar-refractivity contribution is -0.116. The molecule has 1 aromatic heterocycles. The number of hydrogen-bond donors (Lipinski definition) is 2. The molecule has 18 heavy (non-hydrogen) atoms. The van der Waals surface area contributed by atoms with E-state index in [4.69, 9.17) is 4.52 Å². The molecular formula is C12H19N3O3. The summed E-state index contributed by atoms with van der Waals surface area (Å²) in [6, 6.07) is 1.68. The summed E-state index contributed by atoms with van der Waals surface area (Å²) in [5.74, 6) is 1.03. The quantitative estimate of drug-likeness (QED) is 0.828. The molecule has 0 saturated carbocycles. The van der Waals surface area contributed by atoms with Crippen molar-refractivity contribution in [3.05, 3.63) is 11.8 Å². The fourth-order valence-corrected chi connectivity index (χ4v) is 2.12. The molecule has 2 rings (SSSR count). The SMILES string of the molecule is Cc1cc(NC(=O)CCN2CCC(C)(O)C2)no1. The highest BCUT2D eigenvalue weighted by atomic mass is 16.5. The summed E-state index contributed by atoms with van der Waals surface area (Å²) in [6.45, 7) is 5.71. The highest BCUT2D eigenvalue weighted by molar-refractivity contribution is 5.89. The predicted octanol–water partition coefficient (Wildman–Crippen LogP) is 0.768. The summed E-state index contributed by atoms with van der Waals surface area (Å²) >= 11 is 0. The lowest BCUT2D eigenvalue weighted by Crippen LogP contribution is -2.31. The van der Waals surface area contributed by atoms with E-state index < -0.39 is 5.60 Å². The van der Waals surface area contributed by atoms with Crippen molar-refractivity contribution in [1.29, 1.82) is 0 Å². The van der Waals surface area contributed by atoms with Gasteiger partial charge in [-0.1, -0.05) is 5.16 Å². The molecule has 1 unspecified atom stereocenters. The second kappa shape index (κ2) is 5.07. The lowest BCUT2D eigenvalue weighted by atomic mass is 10.1. The van der Waals surface area contributed by atoms with E-state index in [0.29, 0.717) is 31.1 Å². The van der Waals surface area contributed by atoms with Crippen molar-refractivity contribution < 1.29 is 14.4 Å². The van der Waals surface area contributed by atoms with Crippen LogP contribution in [-0.2, 0) is 4.79 Å². The molecule has 6 heteroatoms. The van der Waals surface area contributed by atoms with Crippen molar-refractivity contribution in [2.24, 2.45) is 0 Å². The second-order valence-corrected chi connectivity index (χ2v) is 5.14. The van der Waals surface area contributed by atoms with E-state index in [-0.39, 0.29) is 5.91 Å². The number of carbonyl (C=O) groups excluding carboxylic acids is 1. The zero-order valence-electron chi connectivity index (χ0n) is 10.8. The number of aryl methyl sites for hydroxylation is 1. The number of hydrogen-bond acceptors (Lipinski definition) is 5. The summed E-state index contributed by atoms with van der Waals surface area (Å²) in [7, 11) is 0. The van der Waals surface area contributed by atoms with Gasteiger partial charge < -0.3 is 14.9 Å². The van der Waals surface area contributed by atoms with Crippen LogP contribution in [0, 0.1) is 6.92 Å². The van der Waals surface area contributed by atoms with Gasteiger partial charge in [-0.25, -0.2) is 0 Å². The second-order valence-electron chi connectivity index (χ2n) is 5.14. The minimum absolute atomic E-state index is 0.0881. The van der Waals surface area contributed by atoms with Crippen LogP contribution in [0.3, 0.4) is 0 Å². The largest absolute Gasteiger partial charge is 0.389 e. The highest BCUT2D eigenvalue weighted by Gasteiger charge is 2.31. The average molecular weight is 253 g/mol. The Hall–Kier alpha value is -1.40. The molecule has 1 atom stereocenters. The number of nitrogens with one attached hydrogen (secondary N) is 1. The molecule has 0 aliphatic carbocycles. The number of likely N-dealkylation sites (tertiary alicyclic amines) is 1. The third-order valence-corrected chi connectivity index (χ3v) is 3.08. The first kappa shape index (κ1) is 13.0. The first-order valence-electron chi connectivity index (χ1n) is 6.12. The number of aromatic nitrogens is 1. The van der Waals surface area contributed by atoms with Crippen molar-refractivity contribution in [1.82, 2.24) is 10.1 Å². The molecule has 1 saturated heterocycles. The molecule has 0 bridgehead atoms. The molecular weight excluding hydrogens is 234 g/mol. The zero-order valence-corrected chi connectivity index (χ0v) is 10.8. The van der Waals surface area contributed by atoms with E-state index in [1.54, 1.807) is 13.0 Å². The van der Waals surface area contributed by atoms with Crippen LogP contribution in [0.15, 0.2) is 10.6 Å². The Labute approximate surface area is 106 Å². The number of rotatable bonds is 4. The lowest BCUT2D eigenvalue weighted by Gasteiger charge is -2.18. The Morgan fingerprint density at radius 3 is 3.06 bits per heavy atom. The van der Waals surface area contributed by atoms with E-state index >= 15 is 0 Å². The molecule has 0 radical (unpaired) electrons. The van der Waals surface area contributed by atoms with E-state index in [1.165, 1.54) is 0 Å². The van der Waals surface area contributed by atoms with Crippen LogP contribution < -0.4 is 5.32 Å². The van der Waals surface area contributed by atoms with Gasteiger partial charge in [0, 0.05) is 32.1 Å². The Morgan fingerprint density at radius 2 is 2.50 bits per heavy atom. The standard InChI is InChI=1S/C12H19N3O3/c1-9-7-10(14-18-9)13-11(16)3-5-15-6-4-12(2,17)8-15/h7,17H,3-6,8H2,1-2H3,(H,13,14,16). The molecule has 1 aliphatic heterocycles. The number of nitrogens with zero attached hydrogens (tertiary/aromatic N) is 2. The molecule has 0 spiro atoms. The van der Waals surface area contributed by atoms with E-state index in [2.05, 4.69) is 15.4 Å². The summed E-state index contributed by atoms with van der Waals surface area (Å²) in [5, 5.41) is 16.2. The van der Waals surface area contributed by atoms with Crippen molar-refractivity contribution >= 4 is 11.7 Å². The predicted molar refractivity (Wildman–Crippen MR) is 66.2 cm³/mol. The number of amides is 1. The van der Waals surface area contributed by atoms with E-state index in [0.717, 1.165) is 13.0 Å². The van der Waals surface area contributed by atoms with Gasteiger partial charge in [0.25, 0.3) is 0 Å². The summed E-state index contributed by atoms with van der Waals surface area (Å²) in [4.78, 5) is 13.7. The van der Waals surface area contributed by atoms with Gasteiger partial charge in [-0.3, -0.25) is 9.69 Å². The smallest absolute Gasteiger partial charge is 0.226 e. The Bertz CT molecular complexity index is 428. The van der Waals surface area contributed by atoms with Crippen LogP contribution in [0.5, 0.6) is 0 Å². The van der Waals surface area contributed by atoms with Crippen LogP contribution in [0.2, 0.25) is 0 Å². The molecule has 0 aromatic carbocycles. The number of β-amino-alcohol motifs (C(OH)–C–C–N with tert-alkyl or cyclic N) is 1. The Kier molecular flexibility index (Phi) is 3.68. The molecule has 6 nitrogen and oxygen atoms in total. The van der Waals surface area contributed by atoms with Gasteiger partial charge in [-0.05, 0) is 20.3 Å². The number of anilines is 1. The third-order valence-electron chi connectivity index (χ3n) is 3.08. The fourth-order valence-electron chi connectivity index (χ4n) is 2.12. The molecule has 1 aliphatic rings. The maximum atomic E-state index is 11.7. The van der Waals surface area contributed by atoms with Crippen molar-refractivity contribution in [3.8, 4) is 0 Å². The molecule has 2 heterocycles. The van der Waals surface area contributed by atoms with Crippen molar-refractivity contribution in [2.75, 3.05) is 25.0 Å². The fraction of sp³-hybridized carbons (Fsp3) is 0.667. The van der Waals surface area contributed by atoms with Gasteiger partial charge in [-0.2, -0.15) is 0 Å². The van der Waals surface area contributed by atoms with Crippen molar-refractivity contribution in [3.63, 3.8) is 0 Å². The van der Waals surface area contributed by atoms with Gasteiger partial charge >= 0.3 is 0 Å². The van der Waals surface area contributed by atoms with Crippen LogP contribution in [0.1, 0.15) is 25.5 Å². The molecule has 1 amide bonds. The molecule has 1 fully saturated rings. The maximum Gasteiger partial charge on any atom is 0.226 e.